The van der Waals surface area contributed by atoms with Gasteiger partial charge in [0.05, 0.1) is 12.1 Å². The van der Waals surface area contributed by atoms with Crippen molar-refractivity contribution in [1.29, 1.82) is 0 Å². The van der Waals surface area contributed by atoms with E-state index in [9.17, 15) is 4.79 Å². The van der Waals surface area contributed by atoms with Gasteiger partial charge in [-0.2, -0.15) is 0 Å². The van der Waals surface area contributed by atoms with Gasteiger partial charge in [-0.1, -0.05) is 27.7 Å². The molecule has 0 aromatic heterocycles. The third kappa shape index (κ3) is 4.28. The summed E-state index contributed by atoms with van der Waals surface area (Å²) < 4.78 is 5.72. The van der Waals surface area contributed by atoms with Gasteiger partial charge in [0.1, 0.15) is 0 Å². The number of nitrogens with two attached hydrogens (primary N) is 1. The summed E-state index contributed by atoms with van der Waals surface area (Å²) in [4.78, 5) is 11.4. The Morgan fingerprint density at radius 1 is 1.35 bits per heavy atom. The fourth-order valence-corrected chi connectivity index (χ4v) is 2.30. The molecular weight excluding hydrogens is 216 g/mol. The van der Waals surface area contributed by atoms with Crippen molar-refractivity contribution in [3.05, 3.63) is 0 Å². The molecular formula is C13H26N2O2. The molecule has 1 saturated heterocycles. The van der Waals surface area contributed by atoms with E-state index < -0.39 is 0 Å². The van der Waals surface area contributed by atoms with Crippen LogP contribution in [0.3, 0.4) is 0 Å². The molecule has 100 valence electrons. The van der Waals surface area contributed by atoms with Crippen molar-refractivity contribution in [2.24, 2.45) is 17.6 Å². The summed E-state index contributed by atoms with van der Waals surface area (Å²) in [7, 11) is 0. The number of carbonyl (C=O) groups excluding carboxylic acids is 1. The number of carbonyl (C=O) groups is 1. The molecule has 3 N–H and O–H groups in total. The molecule has 0 aliphatic carbocycles. The molecule has 0 saturated carbocycles. The zero-order valence-corrected chi connectivity index (χ0v) is 11.4. The molecule has 1 aliphatic rings. The topological polar surface area (TPSA) is 64.3 Å². The maximum atomic E-state index is 11.4. The molecule has 1 fully saturated rings. The molecule has 1 rings (SSSR count). The van der Waals surface area contributed by atoms with Crippen LogP contribution in [0.25, 0.3) is 0 Å². The molecule has 3 unspecified atom stereocenters. The highest BCUT2D eigenvalue weighted by molar-refractivity contribution is 5.80. The lowest BCUT2D eigenvalue weighted by molar-refractivity contribution is -0.121. The molecule has 1 heterocycles. The van der Waals surface area contributed by atoms with Gasteiger partial charge in [-0.15, -0.1) is 0 Å². The second-order valence-electron chi connectivity index (χ2n) is 5.67. The zero-order chi connectivity index (χ0) is 13.0. The lowest BCUT2D eigenvalue weighted by Gasteiger charge is -2.35. The first-order valence-electron chi connectivity index (χ1n) is 6.58. The molecule has 3 atom stereocenters. The first kappa shape index (κ1) is 14.5. The van der Waals surface area contributed by atoms with Gasteiger partial charge >= 0.3 is 0 Å². The highest BCUT2D eigenvalue weighted by Crippen LogP contribution is 2.21. The number of hydrogen-bond acceptors (Lipinski definition) is 3. The molecule has 4 nitrogen and oxygen atoms in total. The molecule has 4 heteroatoms. The molecule has 1 amide bonds. The Morgan fingerprint density at radius 2 is 2.00 bits per heavy atom. The van der Waals surface area contributed by atoms with Crippen molar-refractivity contribution < 1.29 is 9.53 Å². The Kier molecular flexibility index (Phi) is 5.40. The normalized spacial score (nSPS) is 27.4. The Labute approximate surface area is 104 Å². The Hall–Kier alpha value is -0.610. The lowest BCUT2D eigenvalue weighted by atomic mass is 9.93. The minimum atomic E-state index is -0.257. The lowest BCUT2D eigenvalue weighted by Crippen LogP contribution is -2.52. The van der Waals surface area contributed by atoms with Gasteiger partial charge in [0.15, 0.2) is 0 Å². The van der Waals surface area contributed by atoms with Crippen LogP contribution in [0.1, 0.15) is 40.5 Å². The van der Waals surface area contributed by atoms with Crippen LogP contribution >= 0.6 is 0 Å². The van der Waals surface area contributed by atoms with E-state index in [4.69, 9.17) is 10.5 Å². The summed E-state index contributed by atoms with van der Waals surface area (Å²) in [5.41, 5.74) is 5.42. The smallest absolute Gasteiger partial charge is 0.234 e. The predicted molar refractivity (Wildman–Crippen MR) is 68.6 cm³/mol. The van der Waals surface area contributed by atoms with Gasteiger partial charge < -0.3 is 15.8 Å². The summed E-state index contributed by atoms with van der Waals surface area (Å²) in [6.45, 7) is 9.13. The molecule has 0 aromatic rings. The molecule has 1 aliphatic heterocycles. The van der Waals surface area contributed by atoms with Crippen LogP contribution in [-0.2, 0) is 9.53 Å². The molecule has 0 radical (unpaired) electrons. The summed E-state index contributed by atoms with van der Waals surface area (Å²) >= 11 is 0. The van der Waals surface area contributed by atoms with E-state index in [-0.39, 0.29) is 17.9 Å². The molecule has 0 aromatic carbocycles. The average molecular weight is 242 g/mol. The van der Waals surface area contributed by atoms with E-state index in [1.165, 1.54) is 0 Å². The van der Waals surface area contributed by atoms with E-state index in [1.807, 2.05) is 13.8 Å². The van der Waals surface area contributed by atoms with Crippen molar-refractivity contribution in [3.63, 3.8) is 0 Å². The SMILES string of the molecule is CC(C)C1CC(NC(C(N)=O)C(C)C)CCO1. The maximum absolute atomic E-state index is 11.4. The van der Waals surface area contributed by atoms with Crippen molar-refractivity contribution in [3.8, 4) is 0 Å². The monoisotopic (exact) mass is 242 g/mol. The largest absolute Gasteiger partial charge is 0.378 e. The van der Waals surface area contributed by atoms with Crippen LogP contribution in [0.2, 0.25) is 0 Å². The van der Waals surface area contributed by atoms with Crippen molar-refractivity contribution >= 4 is 5.91 Å². The number of ether oxygens (including phenoxy) is 1. The summed E-state index contributed by atoms with van der Waals surface area (Å²) in [6.07, 6.45) is 2.22. The van der Waals surface area contributed by atoms with E-state index >= 15 is 0 Å². The van der Waals surface area contributed by atoms with E-state index in [1.54, 1.807) is 0 Å². The van der Waals surface area contributed by atoms with Gasteiger partial charge in [0, 0.05) is 12.6 Å². The molecule has 0 bridgehead atoms. The second kappa shape index (κ2) is 6.36. The number of primary amides is 1. The number of hydrogen-bond donors (Lipinski definition) is 2. The van der Waals surface area contributed by atoms with E-state index in [0.29, 0.717) is 18.1 Å². The fraction of sp³-hybridized carbons (Fsp3) is 0.923. The van der Waals surface area contributed by atoms with Gasteiger partial charge in [0.25, 0.3) is 0 Å². The predicted octanol–water partition coefficient (Wildman–Crippen LogP) is 1.29. The first-order chi connectivity index (χ1) is 7.91. The van der Waals surface area contributed by atoms with E-state index in [2.05, 4.69) is 19.2 Å². The van der Waals surface area contributed by atoms with E-state index in [0.717, 1.165) is 19.4 Å². The zero-order valence-electron chi connectivity index (χ0n) is 11.4. The third-order valence-corrected chi connectivity index (χ3v) is 3.45. The third-order valence-electron chi connectivity index (χ3n) is 3.45. The number of nitrogens with one attached hydrogen (secondary N) is 1. The number of rotatable bonds is 5. The van der Waals surface area contributed by atoms with Crippen molar-refractivity contribution in [1.82, 2.24) is 5.32 Å². The Bertz CT molecular complexity index is 254. The van der Waals surface area contributed by atoms with Gasteiger partial charge in [0.2, 0.25) is 5.91 Å². The standard InChI is InChI=1S/C13H26N2O2/c1-8(2)11-7-10(5-6-17-11)15-12(9(3)4)13(14)16/h8-12,15H,5-7H2,1-4H3,(H2,14,16). The van der Waals surface area contributed by atoms with Crippen LogP contribution in [0.4, 0.5) is 0 Å². The summed E-state index contributed by atoms with van der Waals surface area (Å²) in [6, 6.07) is 0.113. The fourth-order valence-electron chi connectivity index (χ4n) is 2.30. The van der Waals surface area contributed by atoms with Crippen molar-refractivity contribution in [2.75, 3.05) is 6.61 Å². The minimum absolute atomic E-state index is 0.229. The van der Waals surface area contributed by atoms with Gasteiger partial charge in [-0.25, -0.2) is 0 Å². The summed E-state index contributed by atoms with van der Waals surface area (Å²) in [5, 5.41) is 3.39. The maximum Gasteiger partial charge on any atom is 0.234 e. The van der Waals surface area contributed by atoms with Gasteiger partial charge in [-0.05, 0) is 24.7 Å². The minimum Gasteiger partial charge on any atom is -0.378 e. The quantitative estimate of drug-likeness (QED) is 0.763. The highest BCUT2D eigenvalue weighted by atomic mass is 16.5. The second-order valence-corrected chi connectivity index (χ2v) is 5.67. The van der Waals surface area contributed by atoms with Crippen LogP contribution in [-0.4, -0.2) is 30.7 Å². The Balaban J connectivity index is 2.52. The van der Waals surface area contributed by atoms with Gasteiger partial charge in [-0.3, -0.25) is 4.79 Å². The van der Waals surface area contributed by atoms with Crippen LogP contribution in [0, 0.1) is 11.8 Å². The number of amides is 1. The Morgan fingerprint density at radius 3 is 2.47 bits per heavy atom. The summed E-state index contributed by atoms with van der Waals surface area (Å²) in [5.74, 6) is 0.492. The molecule has 17 heavy (non-hydrogen) atoms. The molecule has 0 spiro atoms. The van der Waals surface area contributed by atoms with Crippen molar-refractivity contribution in [2.45, 2.75) is 58.7 Å². The van der Waals surface area contributed by atoms with Crippen LogP contribution in [0.15, 0.2) is 0 Å². The van der Waals surface area contributed by atoms with Crippen LogP contribution in [0.5, 0.6) is 0 Å². The highest BCUT2D eigenvalue weighted by Gasteiger charge is 2.29. The average Bonchev–Trinajstić information content (AvgIpc) is 2.25. The van der Waals surface area contributed by atoms with Crippen LogP contribution < -0.4 is 11.1 Å². The first-order valence-corrected chi connectivity index (χ1v) is 6.58.